The summed E-state index contributed by atoms with van der Waals surface area (Å²) in [5.41, 5.74) is 0.465. The monoisotopic (exact) mass is 350 g/mol. The smallest absolute Gasteiger partial charge is 0.196 e. The average molecular weight is 351 g/mol. The van der Waals surface area contributed by atoms with E-state index in [4.69, 9.17) is 11.6 Å². The summed E-state index contributed by atoms with van der Waals surface area (Å²) in [7, 11) is 0. The first kappa shape index (κ1) is 16.1. The first-order chi connectivity index (χ1) is 11.5. The molecule has 2 aromatic carbocycles. The molecule has 1 aromatic heterocycles. The molecule has 4 nitrogen and oxygen atoms in total. The van der Waals surface area contributed by atoms with Crippen LogP contribution in [0, 0.1) is 17.5 Å². The highest BCUT2D eigenvalue weighted by atomic mass is 35.5. The highest BCUT2D eigenvalue weighted by Gasteiger charge is 2.14. The summed E-state index contributed by atoms with van der Waals surface area (Å²) in [6.45, 7) is 0. The molecule has 0 fully saturated rings. The fourth-order valence-electron chi connectivity index (χ4n) is 1.97. The van der Waals surface area contributed by atoms with E-state index in [0.29, 0.717) is 16.5 Å². The minimum Gasteiger partial charge on any atom is -0.340 e. The maximum absolute atomic E-state index is 13.7. The summed E-state index contributed by atoms with van der Waals surface area (Å²) in [4.78, 5) is 7.94. The molecule has 0 saturated heterocycles. The Labute approximate surface area is 140 Å². The van der Waals surface area contributed by atoms with E-state index in [1.54, 1.807) is 24.3 Å². The molecule has 0 bridgehead atoms. The van der Waals surface area contributed by atoms with Crippen LogP contribution in [-0.2, 0) is 0 Å². The molecule has 24 heavy (non-hydrogen) atoms. The van der Waals surface area contributed by atoms with Gasteiger partial charge in [-0.25, -0.2) is 23.1 Å². The standard InChI is InChI=1S/C16H10ClF3N4/c17-9-2-1-3-10(6-9)23-13-7-14(22-8-21-13)24-12-5-4-11(18)15(19)16(12)20/h1-8H,(H2,21,22,23,24). The molecule has 122 valence electrons. The van der Waals surface area contributed by atoms with Gasteiger partial charge in [-0.05, 0) is 30.3 Å². The van der Waals surface area contributed by atoms with Crippen molar-refractivity contribution < 1.29 is 13.2 Å². The van der Waals surface area contributed by atoms with E-state index in [1.165, 1.54) is 12.4 Å². The van der Waals surface area contributed by atoms with Crippen LogP contribution in [0.5, 0.6) is 0 Å². The third kappa shape index (κ3) is 3.57. The van der Waals surface area contributed by atoms with Crippen molar-refractivity contribution in [3.63, 3.8) is 0 Å². The Bertz CT molecular complexity index is 889. The van der Waals surface area contributed by atoms with Crippen molar-refractivity contribution in [2.75, 3.05) is 10.6 Å². The van der Waals surface area contributed by atoms with Crippen molar-refractivity contribution in [2.24, 2.45) is 0 Å². The minimum atomic E-state index is -1.55. The van der Waals surface area contributed by atoms with Gasteiger partial charge in [0.2, 0.25) is 0 Å². The molecule has 0 aliphatic heterocycles. The second kappa shape index (κ2) is 6.76. The van der Waals surface area contributed by atoms with Crippen molar-refractivity contribution in [2.45, 2.75) is 0 Å². The second-order valence-corrected chi connectivity index (χ2v) is 5.21. The molecule has 0 aliphatic rings. The van der Waals surface area contributed by atoms with Gasteiger partial charge in [-0.3, -0.25) is 0 Å². The first-order valence-corrected chi connectivity index (χ1v) is 7.16. The number of aromatic nitrogens is 2. The van der Waals surface area contributed by atoms with Crippen LogP contribution in [0.1, 0.15) is 0 Å². The van der Waals surface area contributed by atoms with Crippen LogP contribution in [0.25, 0.3) is 0 Å². The summed E-state index contributed by atoms with van der Waals surface area (Å²) >= 11 is 5.90. The fourth-order valence-corrected chi connectivity index (χ4v) is 2.16. The number of hydrogen-bond acceptors (Lipinski definition) is 4. The van der Waals surface area contributed by atoms with Gasteiger partial charge in [-0.15, -0.1) is 0 Å². The maximum Gasteiger partial charge on any atom is 0.196 e. The Morgan fingerprint density at radius 1 is 0.833 bits per heavy atom. The van der Waals surface area contributed by atoms with Crippen molar-refractivity contribution in [3.8, 4) is 0 Å². The Morgan fingerprint density at radius 2 is 1.58 bits per heavy atom. The molecular weight excluding hydrogens is 341 g/mol. The number of benzene rings is 2. The van der Waals surface area contributed by atoms with Gasteiger partial charge in [0.15, 0.2) is 17.5 Å². The fraction of sp³-hybridized carbons (Fsp3) is 0. The predicted octanol–water partition coefficient (Wildman–Crippen LogP) is 5.03. The van der Waals surface area contributed by atoms with E-state index in [0.717, 1.165) is 12.1 Å². The van der Waals surface area contributed by atoms with Gasteiger partial charge in [0, 0.05) is 16.8 Å². The number of halogens is 4. The van der Waals surface area contributed by atoms with Gasteiger partial charge in [-0.1, -0.05) is 17.7 Å². The Kier molecular flexibility index (Phi) is 4.52. The summed E-state index contributed by atoms with van der Waals surface area (Å²) in [6.07, 6.45) is 1.24. The number of rotatable bonds is 4. The first-order valence-electron chi connectivity index (χ1n) is 6.78. The van der Waals surface area contributed by atoms with Gasteiger partial charge < -0.3 is 10.6 Å². The number of nitrogens with zero attached hydrogens (tertiary/aromatic N) is 2. The summed E-state index contributed by atoms with van der Waals surface area (Å²) in [5.74, 6) is -3.51. The van der Waals surface area contributed by atoms with Crippen molar-refractivity contribution in [1.82, 2.24) is 9.97 Å². The van der Waals surface area contributed by atoms with Crippen LogP contribution in [0.15, 0.2) is 48.8 Å². The minimum absolute atomic E-state index is 0.208. The third-order valence-electron chi connectivity index (χ3n) is 3.06. The van der Waals surface area contributed by atoms with E-state index < -0.39 is 17.5 Å². The summed E-state index contributed by atoms with van der Waals surface area (Å²) in [5, 5.41) is 6.13. The Balaban J connectivity index is 1.82. The van der Waals surface area contributed by atoms with E-state index >= 15 is 0 Å². The molecular formula is C16H10ClF3N4. The average Bonchev–Trinajstić information content (AvgIpc) is 2.56. The largest absolute Gasteiger partial charge is 0.340 e. The quantitative estimate of drug-likeness (QED) is 0.648. The van der Waals surface area contributed by atoms with Crippen LogP contribution < -0.4 is 10.6 Å². The molecule has 0 atom stereocenters. The number of hydrogen-bond donors (Lipinski definition) is 2. The van der Waals surface area contributed by atoms with Gasteiger partial charge in [0.25, 0.3) is 0 Å². The zero-order chi connectivity index (χ0) is 17.1. The lowest BCUT2D eigenvalue weighted by atomic mass is 10.2. The number of nitrogens with one attached hydrogen (secondary N) is 2. The normalized spacial score (nSPS) is 10.5. The SMILES string of the molecule is Fc1ccc(Nc2cc(Nc3cccc(Cl)c3)ncn2)c(F)c1F. The van der Waals surface area contributed by atoms with Crippen LogP contribution in [-0.4, -0.2) is 9.97 Å². The molecule has 8 heteroatoms. The van der Waals surface area contributed by atoms with Crippen LogP contribution in [0.4, 0.5) is 36.2 Å². The molecule has 0 spiro atoms. The summed E-state index contributed by atoms with van der Waals surface area (Å²) < 4.78 is 39.9. The topological polar surface area (TPSA) is 49.8 Å². The maximum atomic E-state index is 13.7. The molecule has 2 N–H and O–H groups in total. The van der Waals surface area contributed by atoms with Gasteiger partial charge in [0.1, 0.15) is 18.0 Å². The Hall–Kier alpha value is -2.80. The van der Waals surface area contributed by atoms with Crippen molar-refractivity contribution >= 4 is 34.6 Å². The van der Waals surface area contributed by atoms with E-state index in [1.807, 2.05) is 0 Å². The van der Waals surface area contributed by atoms with Crippen LogP contribution >= 0.6 is 11.6 Å². The van der Waals surface area contributed by atoms with Crippen molar-refractivity contribution in [3.05, 3.63) is 71.3 Å². The highest BCUT2D eigenvalue weighted by molar-refractivity contribution is 6.30. The van der Waals surface area contributed by atoms with Crippen molar-refractivity contribution in [1.29, 1.82) is 0 Å². The lowest BCUT2D eigenvalue weighted by Crippen LogP contribution is -2.02. The zero-order valence-electron chi connectivity index (χ0n) is 12.0. The van der Waals surface area contributed by atoms with E-state index in [2.05, 4.69) is 20.6 Å². The molecule has 3 rings (SSSR count). The number of anilines is 4. The molecule has 0 unspecified atom stereocenters. The molecule has 0 radical (unpaired) electrons. The lowest BCUT2D eigenvalue weighted by Gasteiger charge is -2.10. The zero-order valence-corrected chi connectivity index (χ0v) is 12.8. The molecule has 0 saturated carbocycles. The third-order valence-corrected chi connectivity index (χ3v) is 3.30. The lowest BCUT2D eigenvalue weighted by molar-refractivity contribution is 0.449. The second-order valence-electron chi connectivity index (χ2n) is 4.77. The van der Waals surface area contributed by atoms with E-state index in [-0.39, 0.29) is 11.5 Å². The van der Waals surface area contributed by atoms with Gasteiger partial charge in [0.05, 0.1) is 5.69 Å². The molecule has 0 amide bonds. The Morgan fingerprint density at radius 3 is 2.33 bits per heavy atom. The molecule has 0 aliphatic carbocycles. The predicted molar refractivity (Wildman–Crippen MR) is 86.4 cm³/mol. The van der Waals surface area contributed by atoms with E-state index in [9.17, 15) is 13.2 Å². The van der Waals surface area contributed by atoms with Gasteiger partial charge in [-0.2, -0.15) is 0 Å². The molecule has 1 heterocycles. The van der Waals surface area contributed by atoms with Crippen LogP contribution in [0.2, 0.25) is 5.02 Å². The molecule has 3 aromatic rings. The summed E-state index contributed by atoms with van der Waals surface area (Å²) in [6, 6.07) is 10.4. The van der Waals surface area contributed by atoms with Crippen LogP contribution in [0.3, 0.4) is 0 Å². The van der Waals surface area contributed by atoms with Gasteiger partial charge >= 0.3 is 0 Å². The highest BCUT2D eigenvalue weighted by Crippen LogP contribution is 2.24.